The van der Waals surface area contributed by atoms with Crippen LogP contribution in [0.5, 0.6) is 5.75 Å². The van der Waals surface area contributed by atoms with Crippen molar-refractivity contribution in [2.24, 2.45) is 0 Å². The largest absolute Gasteiger partial charge is 0.494 e. The highest BCUT2D eigenvalue weighted by molar-refractivity contribution is 6.33. The standard InChI is InChI=1S/C20H23ClN2O/c1-2-24-16-6-7-17(19(21)13-16)18-5-3-4-14-12-15-8-9-22-10-11-23(15)20(14)18/h3-7,13,15,22H,2,8-12H2,1H3. The molecule has 24 heavy (non-hydrogen) atoms. The highest BCUT2D eigenvalue weighted by atomic mass is 35.5. The molecule has 1 fully saturated rings. The molecule has 1 N–H and O–H groups in total. The number of para-hydroxylation sites is 1. The van der Waals surface area contributed by atoms with Crippen molar-refractivity contribution in [3.63, 3.8) is 0 Å². The van der Waals surface area contributed by atoms with Crippen molar-refractivity contribution in [1.29, 1.82) is 0 Å². The Labute approximate surface area is 148 Å². The van der Waals surface area contributed by atoms with Gasteiger partial charge in [-0.05, 0) is 50.1 Å². The van der Waals surface area contributed by atoms with Gasteiger partial charge < -0.3 is 15.0 Å². The molecule has 0 amide bonds. The van der Waals surface area contributed by atoms with Crippen LogP contribution in [0.3, 0.4) is 0 Å². The van der Waals surface area contributed by atoms with Crippen LogP contribution < -0.4 is 15.0 Å². The lowest BCUT2D eigenvalue weighted by Gasteiger charge is -2.27. The lowest BCUT2D eigenvalue weighted by Crippen LogP contribution is -2.33. The molecule has 1 unspecified atom stereocenters. The molecule has 0 radical (unpaired) electrons. The maximum atomic E-state index is 6.60. The predicted molar refractivity (Wildman–Crippen MR) is 100 cm³/mol. The Balaban J connectivity index is 1.77. The lowest BCUT2D eigenvalue weighted by molar-refractivity contribution is 0.340. The molecule has 0 aliphatic carbocycles. The van der Waals surface area contributed by atoms with Crippen LogP contribution in [0.15, 0.2) is 36.4 Å². The Kier molecular flexibility index (Phi) is 4.38. The van der Waals surface area contributed by atoms with E-state index in [-0.39, 0.29) is 0 Å². The highest BCUT2D eigenvalue weighted by Gasteiger charge is 2.32. The number of rotatable bonds is 3. The Hall–Kier alpha value is -1.71. The van der Waals surface area contributed by atoms with E-state index in [0.29, 0.717) is 12.6 Å². The summed E-state index contributed by atoms with van der Waals surface area (Å²) in [7, 11) is 0. The molecule has 0 saturated carbocycles. The second kappa shape index (κ2) is 6.66. The zero-order chi connectivity index (χ0) is 16.5. The summed E-state index contributed by atoms with van der Waals surface area (Å²) in [5.74, 6) is 0.829. The van der Waals surface area contributed by atoms with Crippen molar-refractivity contribution in [1.82, 2.24) is 5.32 Å². The van der Waals surface area contributed by atoms with Crippen LogP contribution >= 0.6 is 11.6 Å². The zero-order valence-electron chi connectivity index (χ0n) is 14.0. The van der Waals surface area contributed by atoms with Gasteiger partial charge >= 0.3 is 0 Å². The summed E-state index contributed by atoms with van der Waals surface area (Å²) in [5.41, 5.74) is 5.15. The van der Waals surface area contributed by atoms with Crippen LogP contribution in [0.2, 0.25) is 5.02 Å². The quantitative estimate of drug-likeness (QED) is 0.907. The van der Waals surface area contributed by atoms with E-state index in [1.54, 1.807) is 0 Å². The van der Waals surface area contributed by atoms with Gasteiger partial charge in [-0.15, -0.1) is 0 Å². The minimum Gasteiger partial charge on any atom is -0.494 e. The number of ether oxygens (including phenoxy) is 1. The van der Waals surface area contributed by atoms with Crippen LogP contribution in [-0.4, -0.2) is 32.3 Å². The summed E-state index contributed by atoms with van der Waals surface area (Å²) in [6, 6.07) is 13.3. The molecule has 2 heterocycles. The number of benzene rings is 2. The second-order valence-corrected chi connectivity index (χ2v) is 6.89. The van der Waals surface area contributed by atoms with Crippen molar-refractivity contribution in [3.8, 4) is 16.9 Å². The molecule has 2 aromatic carbocycles. The molecular formula is C20H23ClN2O. The average molecular weight is 343 g/mol. The van der Waals surface area contributed by atoms with Crippen molar-refractivity contribution in [3.05, 3.63) is 47.0 Å². The number of hydrogen-bond donors (Lipinski definition) is 1. The summed E-state index contributed by atoms with van der Waals surface area (Å²) in [4.78, 5) is 2.58. The molecule has 2 aromatic rings. The highest BCUT2D eigenvalue weighted by Crippen LogP contribution is 2.44. The van der Waals surface area contributed by atoms with E-state index in [1.807, 2.05) is 19.1 Å². The Morgan fingerprint density at radius 1 is 1.21 bits per heavy atom. The van der Waals surface area contributed by atoms with Gasteiger partial charge in [-0.2, -0.15) is 0 Å². The van der Waals surface area contributed by atoms with Gasteiger partial charge in [0, 0.05) is 35.9 Å². The van der Waals surface area contributed by atoms with Crippen molar-refractivity contribution < 1.29 is 4.74 Å². The molecule has 4 rings (SSSR count). The van der Waals surface area contributed by atoms with E-state index in [9.17, 15) is 0 Å². The average Bonchev–Trinajstić information content (AvgIpc) is 2.77. The maximum Gasteiger partial charge on any atom is 0.120 e. The summed E-state index contributed by atoms with van der Waals surface area (Å²) >= 11 is 6.60. The molecule has 1 saturated heterocycles. The van der Waals surface area contributed by atoms with Gasteiger partial charge in [-0.25, -0.2) is 0 Å². The fourth-order valence-corrected chi connectivity index (χ4v) is 4.25. The monoisotopic (exact) mass is 342 g/mol. The summed E-state index contributed by atoms with van der Waals surface area (Å²) in [6.45, 7) is 5.84. The van der Waals surface area contributed by atoms with E-state index >= 15 is 0 Å². The number of halogens is 1. The maximum absolute atomic E-state index is 6.60. The molecular weight excluding hydrogens is 320 g/mol. The van der Waals surface area contributed by atoms with E-state index in [2.05, 4.69) is 34.5 Å². The smallest absolute Gasteiger partial charge is 0.120 e. The third-order valence-electron chi connectivity index (χ3n) is 5.03. The summed E-state index contributed by atoms with van der Waals surface area (Å²) in [6.07, 6.45) is 2.34. The van der Waals surface area contributed by atoms with Gasteiger partial charge in [0.2, 0.25) is 0 Å². The van der Waals surface area contributed by atoms with Crippen molar-refractivity contribution in [2.45, 2.75) is 25.8 Å². The number of fused-ring (bicyclic) bond motifs is 3. The van der Waals surface area contributed by atoms with Crippen molar-refractivity contribution >= 4 is 17.3 Å². The number of anilines is 1. The molecule has 3 nitrogen and oxygen atoms in total. The summed E-state index contributed by atoms with van der Waals surface area (Å²) < 4.78 is 5.57. The van der Waals surface area contributed by atoms with Gasteiger partial charge in [-0.3, -0.25) is 0 Å². The molecule has 2 aliphatic heterocycles. The fourth-order valence-electron chi connectivity index (χ4n) is 3.98. The Morgan fingerprint density at radius 3 is 2.96 bits per heavy atom. The lowest BCUT2D eigenvalue weighted by atomic mass is 9.99. The van der Waals surface area contributed by atoms with Gasteiger partial charge in [0.15, 0.2) is 0 Å². The topological polar surface area (TPSA) is 24.5 Å². The minimum absolute atomic E-state index is 0.609. The van der Waals surface area contributed by atoms with Gasteiger partial charge in [-0.1, -0.05) is 29.8 Å². The van der Waals surface area contributed by atoms with Gasteiger partial charge in [0.05, 0.1) is 11.6 Å². The number of nitrogens with one attached hydrogen (secondary N) is 1. The second-order valence-electron chi connectivity index (χ2n) is 6.48. The molecule has 0 spiro atoms. The molecule has 0 bridgehead atoms. The SMILES string of the molecule is CCOc1ccc(-c2cccc3c2N2CCNCCC2C3)c(Cl)c1. The third kappa shape index (κ3) is 2.76. The fraction of sp³-hybridized carbons (Fsp3) is 0.400. The molecule has 0 aromatic heterocycles. The van der Waals surface area contributed by atoms with E-state index in [1.165, 1.54) is 23.2 Å². The number of nitrogens with zero attached hydrogens (tertiary/aromatic N) is 1. The third-order valence-corrected chi connectivity index (χ3v) is 5.34. The van der Waals surface area contributed by atoms with E-state index in [0.717, 1.165) is 42.4 Å². The molecule has 2 aliphatic rings. The Bertz CT molecular complexity index is 746. The molecule has 126 valence electrons. The van der Waals surface area contributed by atoms with Crippen LogP contribution in [0.1, 0.15) is 18.9 Å². The first kappa shape index (κ1) is 15.8. The predicted octanol–water partition coefficient (Wildman–Crippen LogP) is 4.13. The normalized spacial score (nSPS) is 19.6. The van der Waals surface area contributed by atoms with Gasteiger partial charge in [0.1, 0.15) is 5.75 Å². The zero-order valence-corrected chi connectivity index (χ0v) is 14.8. The van der Waals surface area contributed by atoms with Crippen molar-refractivity contribution in [2.75, 3.05) is 31.1 Å². The first-order chi connectivity index (χ1) is 11.8. The van der Waals surface area contributed by atoms with Gasteiger partial charge in [0.25, 0.3) is 0 Å². The first-order valence-electron chi connectivity index (χ1n) is 8.80. The summed E-state index contributed by atoms with van der Waals surface area (Å²) in [5, 5.41) is 4.27. The van der Waals surface area contributed by atoms with Crippen LogP contribution in [-0.2, 0) is 6.42 Å². The molecule has 1 atom stereocenters. The Morgan fingerprint density at radius 2 is 2.12 bits per heavy atom. The molecule has 4 heteroatoms. The van der Waals surface area contributed by atoms with Crippen LogP contribution in [0.4, 0.5) is 5.69 Å². The first-order valence-corrected chi connectivity index (χ1v) is 9.17. The number of hydrogen-bond acceptors (Lipinski definition) is 3. The van der Waals surface area contributed by atoms with Crippen LogP contribution in [0, 0.1) is 0 Å². The van der Waals surface area contributed by atoms with E-state index in [4.69, 9.17) is 16.3 Å². The van der Waals surface area contributed by atoms with Crippen LogP contribution in [0.25, 0.3) is 11.1 Å². The minimum atomic E-state index is 0.609. The van der Waals surface area contributed by atoms with E-state index < -0.39 is 0 Å².